The average Bonchev–Trinajstić information content (AvgIpc) is 2.82. The number of carbonyl (C=O) groups is 2. The number of nitrogens with zero attached hydrogens (tertiary/aromatic N) is 2. The van der Waals surface area contributed by atoms with Gasteiger partial charge >= 0.3 is 5.69 Å². The Morgan fingerprint density at radius 2 is 1.96 bits per heavy atom. The SMILES string of the molecule is CCOc1ccc(-n2c(N)c3c(cc2=O)C(=O)NC3=O)cc1[N+](=O)[O-]. The topological polar surface area (TPSA) is 147 Å². The number of fused-ring (bicyclic) bond motifs is 1. The maximum atomic E-state index is 12.3. The van der Waals surface area contributed by atoms with Gasteiger partial charge in [-0.05, 0) is 19.1 Å². The molecule has 0 bridgehead atoms. The molecule has 128 valence electrons. The summed E-state index contributed by atoms with van der Waals surface area (Å²) in [6, 6.07) is 4.82. The Balaban J connectivity index is 2.25. The van der Waals surface area contributed by atoms with E-state index in [2.05, 4.69) is 0 Å². The molecule has 0 radical (unpaired) electrons. The van der Waals surface area contributed by atoms with Crippen molar-refractivity contribution in [3.8, 4) is 11.4 Å². The molecule has 3 rings (SSSR count). The van der Waals surface area contributed by atoms with Crippen LogP contribution in [0.3, 0.4) is 0 Å². The number of nitrogens with two attached hydrogens (primary N) is 1. The Kier molecular flexibility index (Phi) is 3.72. The highest BCUT2D eigenvalue weighted by atomic mass is 16.6. The van der Waals surface area contributed by atoms with Gasteiger partial charge in [-0.3, -0.25) is 34.4 Å². The first-order valence-electron chi connectivity index (χ1n) is 7.18. The third-order valence-electron chi connectivity index (χ3n) is 3.65. The summed E-state index contributed by atoms with van der Waals surface area (Å²) in [5, 5.41) is 13.3. The molecule has 0 saturated heterocycles. The summed E-state index contributed by atoms with van der Waals surface area (Å²) in [5.74, 6) is -1.68. The molecule has 1 aliphatic heterocycles. The summed E-state index contributed by atoms with van der Waals surface area (Å²) < 4.78 is 6.12. The van der Waals surface area contributed by atoms with Crippen molar-refractivity contribution < 1.29 is 19.2 Å². The highest BCUT2D eigenvalue weighted by Crippen LogP contribution is 2.31. The van der Waals surface area contributed by atoms with Crippen molar-refractivity contribution in [1.29, 1.82) is 0 Å². The van der Waals surface area contributed by atoms with Crippen LogP contribution in [0, 0.1) is 10.1 Å². The zero-order valence-corrected chi connectivity index (χ0v) is 12.9. The quantitative estimate of drug-likeness (QED) is 0.469. The molecule has 1 aromatic carbocycles. The van der Waals surface area contributed by atoms with Crippen molar-refractivity contribution in [3.63, 3.8) is 0 Å². The molecule has 2 heterocycles. The molecule has 1 aromatic heterocycles. The highest BCUT2D eigenvalue weighted by Gasteiger charge is 2.32. The van der Waals surface area contributed by atoms with Crippen LogP contribution < -0.4 is 21.3 Å². The third kappa shape index (κ3) is 2.49. The second-order valence-corrected chi connectivity index (χ2v) is 5.12. The van der Waals surface area contributed by atoms with E-state index in [0.29, 0.717) is 0 Å². The maximum absolute atomic E-state index is 12.3. The molecule has 2 aromatic rings. The molecule has 1 aliphatic rings. The maximum Gasteiger partial charge on any atom is 0.313 e. The van der Waals surface area contributed by atoms with E-state index >= 15 is 0 Å². The van der Waals surface area contributed by atoms with Crippen LogP contribution in [0.5, 0.6) is 5.75 Å². The zero-order chi connectivity index (χ0) is 18.3. The van der Waals surface area contributed by atoms with Gasteiger partial charge in [0.2, 0.25) is 0 Å². The van der Waals surface area contributed by atoms with E-state index in [-0.39, 0.29) is 40.7 Å². The number of nitro groups is 1. The number of anilines is 1. The van der Waals surface area contributed by atoms with E-state index in [1.807, 2.05) is 5.32 Å². The molecule has 10 heteroatoms. The molecule has 0 spiro atoms. The Labute approximate surface area is 140 Å². The van der Waals surface area contributed by atoms with E-state index in [1.165, 1.54) is 12.1 Å². The molecule has 2 amide bonds. The molecular weight excluding hydrogens is 332 g/mol. The average molecular weight is 344 g/mol. The van der Waals surface area contributed by atoms with Crippen molar-refractivity contribution in [3.05, 3.63) is 55.9 Å². The van der Waals surface area contributed by atoms with Gasteiger partial charge in [-0.1, -0.05) is 0 Å². The molecule has 0 fully saturated rings. The summed E-state index contributed by atoms with van der Waals surface area (Å²) >= 11 is 0. The van der Waals surface area contributed by atoms with Crippen molar-refractivity contribution >= 4 is 23.3 Å². The number of ether oxygens (including phenoxy) is 1. The predicted octanol–water partition coefficient (Wildman–Crippen LogP) is 0.610. The number of nitro benzene ring substituents is 1. The second kappa shape index (κ2) is 5.74. The van der Waals surface area contributed by atoms with E-state index in [0.717, 1.165) is 16.7 Å². The van der Waals surface area contributed by atoms with Gasteiger partial charge in [0, 0.05) is 12.1 Å². The third-order valence-corrected chi connectivity index (χ3v) is 3.65. The molecule has 10 nitrogen and oxygen atoms in total. The Morgan fingerprint density at radius 3 is 2.60 bits per heavy atom. The van der Waals surface area contributed by atoms with Crippen molar-refractivity contribution in [2.75, 3.05) is 12.3 Å². The van der Waals surface area contributed by atoms with Crippen LogP contribution >= 0.6 is 0 Å². The lowest BCUT2D eigenvalue weighted by Crippen LogP contribution is -2.24. The van der Waals surface area contributed by atoms with Gasteiger partial charge < -0.3 is 10.5 Å². The number of imide groups is 1. The fourth-order valence-corrected chi connectivity index (χ4v) is 2.61. The van der Waals surface area contributed by atoms with Crippen LogP contribution in [-0.2, 0) is 0 Å². The van der Waals surface area contributed by atoms with Crippen LogP contribution in [0.25, 0.3) is 5.69 Å². The number of hydrogen-bond donors (Lipinski definition) is 2. The second-order valence-electron chi connectivity index (χ2n) is 5.12. The van der Waals surface area contributed by atoms with E-state index in [4.69, 9.17) is 10.5 Å². The van der Waals surface area contributed by atoms with Gasteiger partial charge in [0.15, 0.2) is 5.75 Å². The van der Waals surface area contributed by atoms with Gasteiger partial charge in [0.05, 0.1) is 28.3 Å². The van der Waals surface area contributed by atoms with Crippen molar-refractivity contribution in [1.82, 2.24) is 9.88 Å². The lowest BCUT2D eigenvalue weighted by Gasteiger charge is -2.12. The van der Waals surface area contributed by atoms with Crippen molar-refractivity contribution in [2.45, 2.75) is 6.92 Å². The van der Waals surface area contributed by atoms with E-state index in [1.54, 1.807) is 6.92 Å². The first-order chi connectivity index (χ1) is 11.8. The highest BCUT2D eigenvalue weighted by molar-refractivity contribution is 6.23. The first-order valence-corrected chi connectivity index (χ1v) is 7.18. The number of pyridine rings is 1. The zero-order valence-electron chi connectivity index (χ0n) is 12.9. The number of nitrogens with one attached hydrogen (secondary N) is 1. The number of rotatable bonds is 4. The van der Waals surface area contributed by atoms with Gasteiger partial charge in [0.1, 0.15) is 5.82 Å². The van der Waals surface area contributed by atoms with Gasteiger partial charge in [-0.15, -0.1) is 0 Å². The molecule has 25 heavy (non-hydrogen) atoms. The summed E-state index contributed by atoms with van der Waals surface area (Å²) in [7, 11) is 0. The molecular formula is C15H12N4O6. The minimum Gasteiger partial charge on any atom is -0.487 e. The Morgan fingerprint density at radius 1 is 1.24 bits per heavy atom. The van der Waals surface area contributed by atoms with Crippen LogP contribution in [0.4, 0.5) is 11.5 Å². The van der Waals surface area contributed by atoms with Crippen LogP contribution in [0.2, 0.25) is 0 Å². The number of carbonyl (C=O) groups excluding carboxylic acids is 2. The molecule has 0 saturated carbocycles. The van der Waals surface area contributed by atoms with Gasteiger partial charge in [0.25, 0.3) is 17.4 Å². The number of benzene rings is 1. The van der Waals surface area contributed by atoms with E-state index < -0.39 is 22.3 Å². The molecule has 3 N–H and O–H groups in total. The van der Waals surface area contributed by atoms with E-state index in [9.17, 15) is 24.5 Å². The lowest BCUT2D eigenvalue weighted by atomic mass is 10.1. The summed E-state index contributed by atoms with van der Waals surface area (Å²) in [4.78, 5) is 46.4. The van der Waals surface area contributed by atoms with Crippen molar-refractivity contribution in [2.24, 2.45) is 0 Å². The van der Waals surface area contributed by atoms with Crippen LogP contribution in [0.15, 0.2) is 29.1 Å². The smallest absolute Gasteiger partial charge is 0.313 e. The summed E-state index contributed by atoms with van der Waals surface area (Å²) in [5.41, 5.74) is 4.66. The number of amides is 2. The summed E-state index contributed by atoms with van der Waals surface area (Å²) in [6.45, 7) is 1.90. The normalized spacial score (nSPS) is 12.7. The summed E-state index contributed by atoms with van der Waals surface area (Å²) in [6.07, 6.45) is 0. The number of hydrogen-bond acceptors (Lipinski definition) is 7. The fraction of sp³-hybridized carbons (Fsp3) is 0.133. The number of nitrogen functional groups attached to an aromatic ring is 1. The van der Waals surface area contributed by atoms with Crippen LogP contribution in [-0.4, -0.2) is 27.9 Å². The lowest BCUT2D eigenvalue weighted by molar-refractivity contribution is -0.385. The standard InChI is InChI=1S/C15H12N4O6/c1-2-25-10-4-3-7(5-9(10)19(23)24)18-11(20)6-8-12(13(18)16)15(22)17-14(8)21/h3-6H,2,16H2,1H3,(H,17,21,22). The fourth-order valence-electron chi connectivity index (χ4n) is 2.61. The predicted molar refractivity (Wildman–Crippen MR) is 86.1 cm³/mol. The Bertz CT molecular complexity index is 994. The van der Waals surface area contributed by atoms with Gasteiger partial charge in [-0.2, -0.15) is 0 Å². The Hall–Kier alpha value is -3.69. The largest absolute Gasteiger partial charge is 0.487 e. The molecule has 0 atom stereocenters. The number of aromatic nitrogens is 1. The van der Waals surface area contributed by atoms with Gasteiger partial charge in [-0.25, -0.2) is 0 Å². The molecule has 0 aliphatic carbocycles. The first kappa shape index (κ1) is 16.2. The molecule has 0 unspecified atom stereocenters. The minimum atomic E-state index is -0.730. The minimum absolute atomic E-state index is 0.0388. The van der Waals surface area contributed by atoms with Crippen LogP contribution in [0.1, 0.15) is 27.6 Å². The monoisotopic (exact) mass is 344 g/mol.